The Labute approximate surface area is 72.5 Å². The summed E-state index contributed by atoms with van der Waals surface area (Å²) < 4.78 is 0. The number of rotatable bonds is 2. The molecule has 0 saturated heterocycles. The Morgan fingerprint density at radius 1 is 1.33 bits per heavy atom. The molecule has 0 aromatic heterocycles. The molecule has 0 bridgehead atoms. The number of benzene rings is 1. The van der Waals surface area contributed by atoms with E-state index in [9.17, 15) is 0 Å². The SMILES string of the molecule is CN=CN(C)c1ccc(N)cc1. The number of nitrogens with zero attached hydrogens (tertiary/aromatic N) is 2. The van der Waals surface area contributed by atoms with E-state index in [0.717, 1.165) is 11.4 Å². The Bertz CT molecular complexity index is 264. The van der Waals surface area contributed by atoms with Gasteiger partial charge in [-0.3, -0.25) is 4.99 Å². The molecular weight excluding hydrogens is 150 g/mol. The smallest absolute Gasteiger partial charge is 0.0888 e. The fourth-order valence-electron chi connectivity index (χ4n) is 0.949. The lowest BCUT2D eigenvalue weighted by molar-refractivity contribution is 1.27. The van der Waals surface area contributed by atoms with Gasteiger partial charge < -0.3 is 10.6 Å². The van der Waals surface area contributed by atoms with Crippen molar-refractivity contribution in [1.82, 2.24) is 0 Å². The summed E-state index contributed by atoms with van der Waals surface area (Å²) in [5.41, 5.74) is 7.41. The zero-order valence-electron chi connectivity index (χ0n) is 7.36. The molecule has 0 aliphatic carbocycles. The average Bonchev–Trinajstić information content (AvgIpc) is 2.06. The van der Waals surface area contributed by atoms with Crippen LogP contribution in [-0.4, -0.2) is 20.4 Å². The van der Waals surface area contributed by atoms with Crippen molar-refractivity contribution in [2.75, 3.05) is 24.7 Å². The average molecular weight is 163 g/mol. The predicted molar refractivity (Wildman–Crippen MR) is 53.7 cm³/mol. The Kier molecular flexibility index (Phi) is 2.69. The van der Waals surface area contributed by atoms with Gasteiger partial charge in [0.05, 0.1) is 6.34 Å². The molecule has 0 radical (unpaired) electrons. The number of hydrogen-bond donors (Lipinski definition) is 1. The van der Waals surface area contributed by atoms with Crippen LogP contribution in [0.4, 0.5) is 11.4 Å². The van der Waals surface area contributed by atoms with E-state index in [2.05, 4.69) is 4.99 Å². The van der Waals surface area contributed by atoms with Gasteiger partial charge in [-0.05, 0) is 24.3 Å². The summed E-state index contributed by atoms with van der Waals surface area (Å²) in [6.07, 6.45) is 1.76. The van der Waals surface area contributed by atoms with Crippen molar-refractivity contribution >= 4 is 17.7 Å². The summed E-state index contributed by atoms with van der Waals surface area (Å²) in [6.45, 7) is 0. The predicted octanol–water partition coefficient (Wildman–Crippen LogP) is 1.36. The van der Waals surface area contributed by atoms with Crippen LogP contribution in [0.5, 0.6) is 0 Å². The van der Waals surface area contributed by atoms with Crippen LogP contribution >= 0.6 is 0 Å². The third-order valence-electron chi connectivity index (χ3n) is 1.59. The van der Waals surface area contributed by atoms with Gasteiger partial charge in [0.15, 0.2) is 0 Å². The van der Waals surface area contributed by atoms with Crippen LogP contribution in [0.3, 0.4) is 0 Å². The molecule has 64 valence electrons. The molecule has 3 heteroatoms. The Morgan fingerprint density at radius 2 is 1.92 bits per heavy atom. The summed E-state index contributed by atoms with van der Waals surface area (Å²) in [7, 11) is 3.69. The van der Waals surface area contributed by atoms with Crippen molar-refractivity contribution in [3.05, 3.63) is 24.3 Å². The van der Waals surface area contributed by atoms with E-state index in [0.29, 0.717) is 0 Å². The Hall–Kier alpha value is -1.51. The third kappa shape index (κ3) is 1.99. The highest BCUT2D eigenvalue weighted by atomic mass is 15.1. The molecule has 0 aliphatic heterocycles. The van der Waals surface area contributed by atoms with Crippen LogP contribution in [0.25, 0.3) is 0 Å². The van der Waals surface area contributed by atoms with E-state index < -0.39 is 0 Å². The molecule has 12 heavy (non-hydrogen) atoms. The van der Waals surface area contributed by atoms with E-state index in [1.807, 2.05) is 36.2 Å². The van der Waals surface area contributed by atoms with Crippen LogP contribution in [0.2, 0.25) is 0 Å². The number of hydrogen-bond acceptors (Lipinski definition) is 2. The summed E-state index contributed by atoms with van der Waals surface area (Å²) in [4.78, 5) is 5.83. The Morgan fingerprint density at radius 3 is 2.42 bits per heavy atom. The van der Waals surface area contributed by atoms with Gasteiger partial charge in [0, 0.05) is 25.5 Å². The van der Waals surface area contributed by atoms with Crippen molar-refractivity contribution < 1.29 is 0 Å². The Balaban J connectivity index is 2.82. The minimum absolute atomic E-state index is 0.778. The molecule has 0 amide bonds. The monoisotopic (exact) mass is 163 g/mol. The fraction of sp³-hybridized carbons (Fsp3) is 0.222. The van der Waals surface area contributed by atoms with Gasteiger partial charge >= 0.3 is 0 Å². The van der Waals surface area contributed by atoms with Crippen LogP contribution in [0, 0.1) is 0 Å². The zero-order valence-corrected chi connectivity index (χ0v) is 7.36. The second-order valence-corrected chi connectivity index (χ2v) is 2.58. The molecule has 0 fully saturated rings. The molecule has 0 spiro atoms. The largest absolute Gasteiger partial charge is 0.399 e. The maximum absolute atomic E-state index is 5.55. The topological polar surface area (TPSA) is 41.6 Å². The molecular formula is C9H13N3. The molecule has 0 unspecified atom stereocenters. The number of nitrogens with two attached hydrogens (primary N) is 1. The first kappa shape index (κ1) is 8.59. The molecule has 3 nitrogen and oxygen atoms in total. The van der Waals surface area contributed by atoms with Gasteiger partial charge in [0.1, 0.15) is 0 Å². The molecule has 0 heterocycles. The lowest BCUT2D eigenvalue weighted by atomic mass is 10.3. The first-order valence-corrected chi connectivity index (χ1v) is 3.74. The standard InChI is InChI=1S/C9H13N3/c1-11-7-12(2)9-5-3-8(10)4-6-9/h3-7H,10H2,1-2H3. The molecule has 2 N–H and O–H groups in total. The molecule has 0 aliphatic rings. The summed E-state index contributed by atoms with van der Waals surface area (Å²) in [5, 5.41) is 0. The van der Waals surface area contributed by atoms with Crippen molar-refractivity contribution in [2.24, 2.45) is 4.99 Å². The van der Waals surface area contributed by atoms with E-state index >= 15 is 0 Å². The highest BCUT2D eigenvalue weighted by Crippen LogP contribution is 2.12. The molecule has 0 saturated carbocycles. The minimum atomic E-state index is 0.778. The lowest BCUT2D eigenvalue weighted by Crippen LogP contribution is -2.13. The summed E-state index contributed by atoms with van der Waals surface area (Å²) in [5.74, 6) is 0. The van der Waals surface area contributed by atoms with Gasteiger partial charge in [-0.1, -0.05) is 0 Å². The lowest BCUT2D eigenvalue weighted by Gasteiger charge is -2.12. The van der Waals surface area contributed by atoms with Crippen LogP contribution in [-0.2, 0) is 0 Å². The molecule has 0 atom stereocenters. The second kappa shape index (κ2) is 3.76. The quantitative estimate of drug-likeness (QED) is 0.406. The second-order valence-electron chi connectivity index (χ2n) is 2.58. The summed E-state index contributed by atoms with van der Waals surface area (Å²) in [6, 6.07) is 7.65. The van der Waals surface area contributed by atoms with Crippen LogP contribution in [0.1, 0.15) is 0 Å². The third-order valence-corrected chi connectivity index (χ3v) is 1.59. The first-order valence-electron chi connectivity index (χ1n) is 3.74. The number of nitrogen functional groups attached to an aromatic ring is 1. The normalized spacial score (nSPS) is 10.5. The number of aliphatic imine (C=N–C) groups is 1. The van der Waals surface area contributed by atoms with Gasteiger partial charge in [0.2, 0.25) is 0 Å². The van der Waals surface area contributed by atoms with E-state index in [4.69, 9.17) is 5.73 Å². The highest BCUT2D eigenvalue weighted by molar-refractivity contribution is 5.78. The number of anilines is 2. The van der Waals surface area contributed by atoms with Crippen molar-refractivity contribution in [3.63, 3.8) is 0 Å². The van der Waals surface area contributed by atoms with Gasteiger partial charge in [-0.25, -0.2) is 0 Å². The summed E-state index contributed by atoms with van der Waals surface area (Å²) >= 11 is 0. The van der Waals surface area contributed by atoms with Crippen LogP contribution in [0.15, 0.2) is 29.3 Å². The zero-order chi connectivity index (χ0) is 8.97. The minimum Gasteiger partial charge on any atom is -0.399 e. The highest BCUT2D eigenvalue weighted by Gasteiger charge is 1.94. The van der Waals surface area contributed by atoms with Gasteiger partial charge in [0.25, 0.3) is 0 Å². The van der Waals surface area contributed by atoms with Crippen molar-refractivity contribution in [1.29, 1.82) is 0 Å². The molecule has 1 rings (SSSR count). The maximum Gasteiger partial charge on any atom is 0.0888 e. The van der Waals surface area contributed by atoms with Crippen molar-refractivity contribution in [3.8, 4) is 0 Å². The van der Waals surface area contributed by atoms with E-state index in [1.54, 1.807) is 13.4 Å². The maximum atomic E-state index is 5.55. The van der Waals surface area contributed by atoms with E-state index in [1.165, 1.54) is 0 Å². The first-order chi connectivity index (χ1) is 5.74. The van der Waals surface area contributed by atoms with Gasteiger partial charge in [-0.2, -0.15) is 0 Å². The fourth-order valence-corrected chi connectivity index (χ4v) is 0.949. The van der Waals surface area contributed by atoms with Gasteiger partial charge in [-0.15, -0.1) is 0 Å². The molecule has 1 aromatic rings. The molecule has 1 aromatic carbocycles. The van der Waals surface area contributed by atoms with E-state index in [-0.39, 0.29) is 0 Å². The van der Waals surface area contributed by atoms with Crippen LogP contribution < -0.4 is 10.6 Å². The van der Waals surface area contributed by atoms with Crippen molar-refractivity contribution in [2.45, 2.75) is 0 Å².